The molecule has 1 heterocycles. The van der Waals surface area contributed by atoms with E-state index in [1.54, 1.807) is 24.3 Å². The SMILES string of the molecule is COc1cc(OC)c(N2C[C@H](C(=O)NCc3ccc(F)cc3)CC2=O)cc1Cl. The molecule has 1 aliphatic rings. The molecule has 0 spiro atoms. The third-order valence-electron chi connectivity index (χ3n) is 4.62. The zero-order valence-corrected chi connectivity index (χ0v) is 16.3. The monoisotopic (exact) mass is 406 g/mol. The van der Waals surface area contributed by atoms with Crippen molar-refractivity contribution in [2.75, 3.05) is 25.7 Å². The molecule has 148 valence electrons. The average Bonchev–Trinajstić information content (AvgIpc) is 3.08. The molecular formula is C20H20ClFN2O4. The number of carbonyl (C=O) groups is 2. The molecule has 1 saturated heterocycles. The van der Waals surface area contributed by atoms with Crippen molar-refractivity contribution in [3.63, 3.8) is 0 Å². The summed E-state index contributed by atoms with van der Waals surface area (Å²) < 4.78 is 23.5. The molecule has 0 aliphatic carbocycles. The van der Waals surface area contributed by atoms with Gasteiger partial charge in [-0.25, -0.2) is 4.39 Å². The number of rotatable bonds is 6. The molecule has 6 nitrogen and oxygen atoms in total. The van der Waals surface area contributed by atoms with Gasteiger partial charge in [-0.05, 0) is 23.8 Å². The molecule has 0 aromatic heterocycles. The van der Waals surface area contributed by atoms with Gasteiger partial charge in [0.05, 0.1) is 30.8 Å². The minimum atomic E-state index is -0.501. The van der Waals surface area contributed by atoms with E-state index in [4.69, 9.17) is 21.1 Å². The predicted molar refractivity (Wildman–Crippen MR) is 103 cm³/mol. The van der Waals surface area contributed by atoms with Crippen LogP contribution in [0.4, 0.5) is 10.1 Å². The van der Waals surface area contributed by atoms with E-state index in [-0.39, 0.29) is 37.1 Å². The number of halogens is 2. The fraction of sp³-hybridized carbons (Fsp3) is 0.300. The van der Waals surface area contributed by atoms with Crippen LogP contribution in [0.2, 0.25) is 5.02 Å². The van der Waals surface area contributed by atoms with Gasteiger partial charge in [-0.2, -0.15) is 0 Å². The summed E-state index contributed by atoms with van der Waals surface area (Å²) in [4.78, 5) is 26.5. The smallest absolute Gasteiger partial charge is 0.227 e. The Morgan fingerprint density at radius 1 is 1.21 bits per heavy atom. The number of carbonyl (C=O) groups excluding carboxylic acids is 2. The summed E-state index contributed by atoms with van der Waals surface area (Å²) >= 11 is 6.19. The van der Waals surface area contributed by atoms with Crippen LogP contribution in [-0.4, -0.2) is 32.6 Å². The van der Waals surface area contributed by atoms with E-state index in [2.05, 4.69) is 5.32 Å². The zero-order chi connectivity index (χ0) is 20.3. The van der Waals surface area contributed by atoms with E-state index in [1.165, 1.54) is 31.3 Å². The molecular weight excluding hydrogens is 387 g/mol. The highest BCUT2D eigenvalue weighted by Gasteiger charge is 2.36. The van der Waals surface area contributed by atoms with Crippen LogP contribution in [0.5, 0.6) is 11.5 Å². The first-order chi connectivity index (χ1) is 13.4. The van der Waals surface area contributed by atoms with Gasteiger partial charge < -0.3 is 19.7 Å². The summed E-state index contributed by atoms with van der Waals surface area (Å²) in [7, 11) is 2.97. The van der Waals surface area contributed by atoms with Gasteiger partial charge in [-0.15, -0.1) is 0 Å². The van der Waals surface area contributed by atoms with Gasteiger partial charge in [-0.1, -0.05) is 23.7 Å². The van der Waals surface area contributed by atoms with Crippen molar-refractivity contribution in [1.82, 2.24) is 5.32 Å². The van der Waals surface area contributed by atoms with Crippen molar-refractivity contribution in [3.8, 4) is 11.5 Å². The number of hydrogen-bond donors (Lipinski definition) is 1. The second kappa shape index (κ2) is 8.48. The van der Waals surface area contributed by atoms with Gasteiger partial charge in [-0.3, -0.25) is 9.59 Å². The van der Waals surface area contributed by atoms with Crippen molar-refractivity contribution in [3.05, 3.63) is 52.8 Å². The van der Waals surface area contributed by atoms with Crippen molar-refractivity contribution in [2.24, 2.45) is 5.92 Å². The molecule has 0 saturated carbocycles. The molecule has 8 heteroatoms. The number of methoxy groups -OCH3 is 2. The van der Waals surface area contributed by atoms with E-state index >= 15 is 0 Å². The standard InChI is InChI=1S/C20H20ClFN2O4/c1-27-17-9-18(28-2)16(8-15(17)21)24-11-13(7-19(24)25)20(26)23-10-12-3-5-14(22)6-4-12/h3-6,8-9,13H,7,10-11H2,1-2H3,(H,23,26)/t13-/m1/s1. The molecule has 0 bridgehead atoms. The zero-order valence-electron chi connectivity index (χ0n) is 15.5. The van der Waals surface area contributed by atoms with Crippen LogP contribution in [-0.2, 0) is 16.1 Å². The summed E-state index contributed by atoms with van der Waals surface area (Å²) in [5.41, 5.74) is 1.27. The maximum atomic E-state index is 13.0. The topological polar surface area (TPSA) is 67.9 Å². The lowest BCUT2D eigenvalue weighted by molar-refractivity contribution is -0.126. The van der Waals surface area contributed by atoms with Crippen LogP contribution in [0, 0.1) is 11.7 Å². The first-order valence-corrected chi connectivity index (χ1v) is 9.04. The van der Waals surface area contributed by atoms with Crippen LogP contribution < -0.4 is 19.7 Å². The lowest BCUT2D eigenvalue weighted by Gasteiger charge is -2.21. The van der Waals surface area contributed by atoms with Crippen LogP contribution in [0.3, 0.4) is 0 Å². The Kier molecular flexibility index (Phi) is 6.04. The molecule has 28 heavy (non-hydrogen) atoms. The van der Waals surface area contributed by atoms with Crippen LogP contribution in [0.1, 0.15) is 12.0 Å². The van der Waals surface area contributed by atoms with Crippen LogP contribution in [0.15, 0.2) is 36.4 Å². The van der Waals surface area contributed by atoms with Gasteiger partial charge in [0.15, 0.2) is 0 Å². The minimum absolute atomic E-state index is 0.0854. The number of nitrogens with zero attached hydrogens (tertiary/aromatic N) is 1. The van der Waals surface area contributed by atoms with E-state index < -0.39 is 5.92 Å². The maximum absolute atomic E-state index is 13.0. The van der Waals surface area contributed by atoms with E-state index in [9.17, 15) is 14.0 Å². The van der Waals surface area contributed by atoms with Crippen molar-refractivity contribution >= 4 is 29.1 Å². The fourth-order valence-electron chi connectivity index (χ4n) is 3.11. The molecule has 2 aromatic rings. The highest BCUT2D eigenvalue weighted by Crippen LogP contribution is 2.40. The van der Waals surface area contributed by atoms with Crippen molar-refractivity contribution in [1.29, 1.82) is 0 Å². The molecule has 0 unspecified atom stereocenters. The lowest BCUT2D eigenvalue weighted by Crippen LogP contribution is -2.32. The van der Waals surface area contributed by atoms with Gasteiger partial charge in [0.1, 0.15) is 17.3 Å². The van der Waals surface area contributed by atoms with Crippen molar-refractivity contribution in [2.45, 2.75) is 13.0 Å². The normalized spacial score (nSPS) is 16.2. The fourth-order valence-corrected chi connectivity index (χ4v) is 3.34. The van der Waals surface area contributed by atoms with E-state index in [1.807, 2.05) is 0 Å². The Bertz CT molecular complexity index is 889. The molecule has 2 aromatic carbocycles. The van der Waals surface area contributed by atoms with Gasteiger partial charge >= 0.3 is 0 Å². The molecule has 1 fully saturated rings. The Balaban J connectivity index is 1.70. The summed E-state index contributed by atoms with van der Waals surface area (Å²) in [5, 5.41) is 3.14. The van der Waals surface area contributed by atoms with Gasteiger partial charge in [0, 0.05) is 25.6 Å². The molecule has 1 aliphatic heterocycles. The molecule has 1 N–H and O–H groups in total. The number of amides is 2. The number of benzene rings is 2. The Hall–Kier alpha value is -2.80. The van der Waals surface area contributed by atoms with Crippen LogP contribution >= 0.6 is 11.6 Å². The quantitative estimate of drug-likeness (QED) is 0.800. The van der Waals surface area contributed by atoms with Gasteiger partial charge in [0.25, 0.3) is 0 Å². The third-order valence-corrected chi connectivity index (χ3v) is 4.92. The largest absolute Gasteiger partial charge is 0.495 e. The molecule has 2 amide bonds. The first kappa shape index (κ1) is 19.9. The summed E-state index contributed by atoms with van der Waals surface area (Å²) in [5.74, 6) is -0.401. The average molecular weight is 407 g/mol. The molecule has 1 atom stereocenters. The first-order valence-electron chi connectivity index (χ1n) is 8.67. The number of nitrogens with one attached hydrogen (secondary N) is 1. The second-order valence-corrected chi connectivity index (χ2v) is 6.82. The van der Waals surface area contributed by atoms with E-state index in [0.29, 0.717) is 22.2 Å². The van der Waals surface area contributed by atoms with Crippen molar-refractivity contribution < 1.29 is 23.5 Å². The lowest BCUT2D eigenvalue weighted by atomic mass is 10.1. The molecule has 3 rings (SSSR count). The van der Waals surface area contributed by atoms with Crippen LogP contribution in [0.25, 0.3) is 0 Å². The summed E-state index contributed by atoms with van der Waals surface area (Å²) in [6, 6.07) is 9.07. The minimum Gasteiger partial charge on any atom is -0.495 e. The highest BCUT2D eigenvalue weighted by molar-refractivity contribution is 6.32. The summed E-state index contributed by atoms with van der Waals surface area (Å²) in [6.45, 7) is 0.481. The Morgan fingerprint density at radius 3 is 2.54 bits per heavy atom. The second-order valence-electron chi connectivity index (χ2n) is 6.41. The van der Waals surface area contributed by atoms with Gasteiger partial charge in [0.2, 0.25) is 11.8 Å². The van der Waals surface area contributed by atoms with E-state index in [0.717, 1.165) is 5.56 Å². The Labute approximate surface area is 167 Å². The third kappa shape index (κ3) is 4.20. The number of anilines is 1. The predicted octanol–water partition coefficient (Wildman–Crippen LogP) is 3.17. The number of ether oxygens (including phenoxy) is 2. The summed E-state index contributed by atoms with van der Waals surface area (Å²) in [6.07, 6.45) is 0.0854. The Morgan fingerprint density at radius 2 is 1.89 bits per heavy atom. The molecule has 0 radical (unpaired) electrons. The highest BCUT2D eigenvalue weighted by atomic mass is 35.5. The number of hydrogen-bond acceptors (Lipinski definition) is 4. The maximum Gasteiger partial charge on any atom is 0.227 e.